The van der Waals surface area contributed by atoms with Crippen LogP contribution >= 0.6 is 0 Å². The van der Waals surface area contributed by atoms with Gasteiger partial charge in [-0.1, -0.05) is 34.1 Å². The van der Waals surface area contributed by atoms with Gasteiger partial charge in [0.25, 0.3) is 0 Å². The molecule has 1 aliphatic heterocycles. The van der Waals surface area contributed by atoms with Crippen molar-refractivity contribution in [2.24, 2.45) is 23.2 Å². The van der Waals surface area contributed by atoms with Gasteiger partial charge in [-0.2, -0.15) is 0 Å². The fourth-order valence-electron chi connectivity index (χ4n) is 8.35. The van der Waals surface area contributed by atoms with E-state index in [2.05, 4.69) is 21.0 Å². The van der Waals surface area contributed by atoms with E-state index in [0.717, 1.165) is 12.8 Å². The van der Waals surface area contributed by atoms with E-state index in [9.17, 15) is 24.3 Å². The molecule has 3 aromatic rings. The highest BCUT2D eigenvalue weighted by Gasteiger charge is 2.61. The number of nitrogens with zero attached hydrogens (tertiary/aromatic N) is 4. The number of carbonyl (C=O) groups is 4. The van der Waals surface area contributed by atoms with Crippen LogP contribution in [0.4, 0.5) is 10.6 Å². The van der Waals surface area contributed by atoms with Crippen molar-refractivity contribution in [1.29, 1.82) is 0 Å². The first-order chi connectivity index (χ1) is 26.1. The van der Waals surface area contributed by atoms with Crippen LogP contribution in [-0.4, -0.2) is 98.2 Å². The highest BCUT2D eigenvalue weighted by Crippen LogP contribution is 2.52. The number of aliphatic carboxylic acids is 1. The average molecular weight is 760 g/mol. The van der Waals surface area contributed by atoms with Crippen LogP contribution in [0.25, 0.3) is 16.7 Å². The Hall–Kier alpha value is -5.08. The summed E-state index contributed by atoms with van der Waals surface area (Å²) < 4.78 is 19.6. The average Bonchev–Trinajstić information content (AvgIpc) is 3.79. The Morgan fingerprint density at radius 1 is 1.04 bits per heavy atom. The second kappa shape index (κ2) is 14.5. The Morgan fingerprint density at radius 3 is 2.42 bits per heavy atom. The minimum Gasteiger partial charge on any atom is -0.497 e. The minimum absolute atomic E-state index is 0.00300. The SMILES string of the molecule is CC[C@@H]1C[C@]1(NC(=O)[C@@H]1C[C@@H](Oc2cc(-n3ccc(NC(C)C)n3)nc3cc(OC)ccc23)CN1C(=O)[C@@H](NC(=O)O[C@@H]1C[C@@H]2C[C@@H]2C1)C(C)(C)C)C(=O)O. The lowest BCUT2D eigenvalue weighted by molar-refractivity contribution is -0.146. The molecule has 2 aromatic heterocycles. The lowest BCUT2D eigenvalue weighted by Gasteiger charge is -2.35. The number of benzene rings is 1. The smallest absolute Gasteiger partial charge is 0.408 e. The summed E-state index contributed by atoms with van der Waals surface area (Å²) in [5, 5.41) is 24.4. The number of nitrogens with one attached hydrogen (secondary N) is 3. The number of pyridine rings is 1. The van der Waals surface area contributed by atoms with Crippen LogP contribution in [0.5, 0.6) is 11.5 Å². The molecule has 4 fully saturated rings. The predicted molar refractivity (Wildman–Crippen MR) is 203 cm³/mol. The first-order valence-corrected chi connectivity index (χ1v) is 19.4. The normalized spacial score (nSPS) is 27.3. The summed E-state index contributed by atoms with van der Waals surface area (Å²) in [7, 11) is 1.57. The second-order valence-electron chi connectivity index (χ2n) is 17.1. The van der Waals surface area contributed by atoms with Gasteiger partial charge in [-0.15, -0.1) is 5.10 Å². The molecule has 15 heteroatoms. The zero-order valence-electron chi connectivity index (χ0n) is 32.6. The number of fused-ring (bicyclic) bond motifs is 2. The molecule has 8 atom stereocenters. The lowest BCUT2D eigenvalue weighted by atomic mass is 9.85. The van der Waals surface area contributed by atoms with Crippen molar-refractivity contribution in [3.63, 3.8) is 0 Å². The van der Waals surface area contributed by atoms with Gasteiger partial charge in [-0.25, -0.2) is 19.3 Å². The van der Waals surface area contributed by atoms with Crippen molar-refractivity contribution in [3.8, 4) is 17.3 Å². The number of hydrogen-bond donors (Lipinski definition) is 4. The van der Waals surface area contributed by atoms with Gasteiger partial charge in [-0.3, -0.25) is 9.59 Å². The molecule has 3 heterocycles. The van der Waals surface area contributed by atoms with Crippen molar-refractivity contribution < 1.29 is 38.5 Å². The molecule has 4 aliphatic rings. The molecule has 1 aromatic carbocycles. The van der Waals surface area contributed by atoms with Crippen molar-refractivity contribution in [2.75, 3.05) is 19.0 Å². The molecule has 0 bridgehead atoms. The summed E-state index contributed by atoms with van der Waals surface area (Å²) in [6, 6.07) is 7.10. The van der Waals surface area contributed by atoms with E-state index in [1.54, 1.807) is 36.2 Å². The quantitative estimate of drug-likeness (QED) is 0.186. The Balaban J connectivity index is 1.18. The largest absolute Gasteiger partial charge is 0.497 e. The minimum atomic E-state index is -1.39. The van der Waals surface area contributed by atoms with E-state index in [4.69, 9.17) is 19.2 Å². The van der Waals surface area contributed by atoms with Crippen molar-refractivity contribution in [2.45, 2.75) is 116 Å². The molecule has 15 nitrogen and oxygen atoms in total. The molecule has 1 saturated heterocycles. The molecule has 0 radical (unpaired) electrons. The summed E-state index contributed by atoms with van der Waals surface area (Å²) in [6.45, 7) is 11.4. The number of anilines is 1. The van der Waals surface area contributed by atoms with Gasteiger partial charge in [-0.05, 0) is 74.8 Å². The van der Waals surface area contributed by atoms with E-state index in [1.165, 1.54) is 11.3 Å². The summed E-state index contributed by atoms with van der Waals surface area (Å²) in [5.41, 5.74) is -1.57. The fraction of sp³-hybridized carbons (Fsp3) is 0.600. The van der Waals surface area contributed by atoms with Crippen LogP contribution in [0.1, 0.15) is 80.1 Å². The summed E-state index contributed by atoms with van der Waals surface area (Å²) in [4.78, 5) is 60.7. The fourth-order valence-corrected chi connectivity index (χ4v) is 8.35. The van der Waals surface area contributed by atoms with Gasteiger partial charge in [0.05, 0.1) is 19.2 Å². The maximum atomic E-state index is 14.6. The van der Waals surface area contributed by atoms with E-state index in [-0.39, 0.29) is 31.0 Å². The van der Waals surface area contributed by atoms with Gasteiger partial charge in [0.15, 0.2) is 5.82 Å². The maximum Gasteiger partial charge on any atom is 0.408 e. The Bertz CT molecular complexity index is 1970. The van der Waals surface area contributed by atoms with E-state index >= 15 is 0 Å². The number of alkyl carbamates (subject to hydrolysis) is 1. The Kier molecular flexibility index (Phi) is 10.1. The van der Waals surface area contributed by atoms with Crippen LogP contribution in [-0.2, 0) is 19.1 Å². The molecule has 0 unspecified atom stereocenters. The van der Waals surface area contributed by atoms with Gasteiger partial charge >= 0.3 is 12.1 Å². The molecule has 4 N–H and O–H groups in total. The number of ether oxygens (including phenoxy) is 3. The third-order valence-corrected chi connectivity index (χ3v) is 11.5. The Morgan fingerprint density at radius 2 is 1.78 bits per heavy atom. The molecule has 7 rings (SSSR count). The number of amides is 3. The number of carboxylic acid groups (broad SMARTS) is 1. The summed E-state index contributed by atoms with van der Waals surface area (Å²) in [6.07, 6.45) is 4.07. The van der Waals surface area contributed by atoms with Crippen LogP contribution in [0.2, 0.25) is 0 Å². The molecule has 3 aliphatic carbocycles. The van der Waals surface area contributed by atoms with Crippen molar-refractivity contribution in [1.82, 2.24) is 30.3 Å². The van der Waals surface area contributed by atoms with Crippen LogP contribution < -0.4 is 25.4 Å². The third kappa shape index (κ3) is 7.88. The number of hydrogen-bond acceptors (Lipinski definition) is 10. The summed E-state index contributed by atoms with van der Waals surface area (Å²) in [5.74, 6) is 1.05. The highest BCUT2D eigenvalue weighted by atomic mass is 16.6. The molecule has 3 amide bonds. The second-order valence-corrected chi connectivity index (χ2v) is 17.1. The van der Waals surface area contributed by atoms with Crippen molar-refractivity contribution in [3.05, 3.63) is 36.5 Å². The van der Waals surface area contributed by atoms with E-state index in [1.807, 2.05) is 53.7 Å². The molecular weight excluding hydrogens is 706 g/mol. The van der Waals surface area contributed by atoms with E-state index < -0.39 is 53.0 Å². The van der Waals surface area contributed by atoms with E-state index in [0.29, 0.717) is 58.7 Å². The van der Waals surface area contributed by atoms with Gasteiger partial charge in [0.1, 0.15) is 47.1 Å². The number of carbonyl (C=O) groups excluding carboxylic acids is 3. The van der Waals surface area contributed by atoms with Crippen LogP contribution in [0, 0.1) is 23.2 Å². The topological polar surface area (TPSA) is 186 Å². The maximum absolute atomic E-state index is 14.6. The standard InChI is InChI=1S/C40H53N7O8/c1-8-24-19-40(24,37(50)51)44-35(48)30-17-27(20-46(30)36(49)34(39(4,5)6)43-38(52)55-26-14-22-13-23(22)15-26)54-31-18-33(47-12-11-32(45-47)41-21(2)3)42-29-16-25(53-7)9-10-28(29)31/h9-12,16,18,21-24,26-27,30,34H,8,13-15,17,19-20H2,1-7H3,(H,41,45)(H,43,52)(H,44,48)(H,50,51)/t22-,23+,24-,26+,27-,30+,34-,40-/m1/s1. The highest BCUT2D eigenvalue weighted by molar-refractivity contribution is 5.96. The molecular formula is C40H53N7O8. The number of methoxy groups -OCH3 is 1. The van der Waals surface area contributed by atoms with Crippen LogP contribution in [0.15, 0.2) is 36.5 Å². The van der Waals surface area contributed by atoms with Gasteiger partial charge in [0, 0.05) is 42.2 Å². The van der Waals surface area contributed by atoms with Gasteiger partial charge in [0.2, 0.25) is 11.8 Å². The zero-order valence-corrected chi connectivity index (χ0v) is 32.6. The first-order valence-electron chi connectivity index (χ1n) is 19.4. The number of carboxylic acids is 1. The molecule has 296 valence electrons. The predicted octanol–water partition coefficient (Wildman–Crippen LogP) is 4.91. The number of rotatable bonds is 13. The van der Waals surface area contributed by atoms with Crippen molar-refractivity contribution >= 4 is 40.6 Å². The zero-order chi connectivity index (χ0) is 39.4. The number of likely N-dealkylation sites (tertiary alicyclic amines) is 1. The lowest BCUT2D eigenvalue weighted by Crippen LogP contribution is -2.59. The Labute approximate surface area is 320 Å². The molecule has 3 saturated carbocycles. The third-order valence-electron chi connectivity index (χ3n) is 11.5. The van der Waals surface area contributed by atoms with Crippen LogP contribution in [0.3, 0.4) is 0 Å². The number of aromatic nitrogens is 3. The monoisotopic (exact) mass is 759 g/mol. The van der Waals surface area contributed by atoms with Gasteiger partial charge < -0.3 is 40.2 Å². The molecule has 0 spiro atoms. The molecule has 55 heavy (non-hydrogen) atoms. The summed E-state index contributed by atoms with van der Waals surface area (Å²) >= 11 is 0. The first kappa shape index (κ1) is 38.2.